The fourth-order valence-electron chi connectivity index (χ4n) is 2.83. The Hall–Kier alpha value is -2.91. The number of carbonyl (C=O) groups is 4. The molecule has 1 saturated heterocycles. The molecule has 2 N–H and O–H groups in total. The number of hydrazine groups is 1. The summed E-state index contributed by atoms with van der Waals surface area (Å²) in [7, 11) is 0. The number of anilines is 1. The summed E-state index contributed by atoms with van der Waals surface area (Å²) in [4.78, 5) is 49.7. The Morgan fingerprint density at radius 2 is 1.73 bits per heavy atom. The van der Waals surface area contributed by atoms with Gasteiger partial charge in [-0.15, -0.1) is 0 Å². The molecule has 0 aromatic heterocycles. The summed E-state index contributed by atoms with van der Waals surface area (Å²) < 4.78 is 5.80. The van der Waals surface area contributed by atoms with E-state index < -0.39 is 30.3 Å². The molecule has 1 aliphatic rings. The third kappa shape index (κ3) is 5.58. The first-order valence-electron chi connectivity index (χ1n) is 8.91. The van der Waals surface area contributed by atoms with E-state index in [0.717, 1.165) is 4.47 Å². The van der Waals surface area contributed by atoms with E-state index in [1.807, 2.05) is 0 Å². The number of carbonyl (C=O) groups excluding carboxylic acids is 4. The Balaban J connectivity index is 1.44. The van der Waals surface area contributed by atoms with Gasteiger partial charge in [-0.25, -0.2) is 0 Å². The molecule has 1 atom stereocenters. The van der Waals surface area contributed by atoms with Gasteiger partial charge in [-0.3, -0.25) is 30.0 Å². The minimum absolute atomic E-state index is 0.0105. The van der Waals surface area contributed by atoms with Crippen LogP contribution < -0.4 is 15.8 Å². The van der Waals surface area contributed by atoms with E-state index in [2.05, 4.69) is 26.8 Å². The number of halogens is 2. The quantitative estimate of drug-likeness (QED) is 0.491. The molecule has 0 unspecified atom stereocenters. The molecule has 2 aromatic carbocycles. The van der Waals surface area contributed by atoms with Crippen molar-refractivity contribution < 1.29 is 23.9 Å². The van der Waals surface area contributed by atoms with Crippen molar-refractivity contribution in [2.45, 2.75) is 6.42 Å². The molecular formula is C20H17BrClN3O5. The second-order valence-electron chi connectivity index (χ2n) is 6.50. The molecule has 8 nitrogen and oxygen atoms in total. The number of hydrogen-bond donors (Lipinski definition) is 2. The van der Waals surface area contributed by atoms with Gasteiger partial charge in [0.15, 0.2) is 6.61 Å². The lowest BCUT2D eigenvalue weighted by atomic mass is 10.1. The van der Waals surface area contributed by atoms with Gasteiger partial charge in [0.25, 0.3) is 11.8 Å². The summed E-state index contributed by atoms with van der Waals surface area (Å²) >= 11 is 9.11. The molecule has 2 aromatic rings. The van der Waals surface area contributed by atoms with Gasteiger partial charge in [-0.1, -0.05) is 27.5 Å². The molecule has 10 heteroatoms. The fourth-order valence-corrected chi connectivity index (χ4v) is 3.22. The van der Waals surface area contributed by atoms with E-state index >= 15 is 0 Å². The van der Waals surface area contributed by atoms with Gasteiger partial charge in [0.1, 0.15) is 0 Å². The van der Waals surface area contributed by atoms with Crippen molar-refractivity contribution in [2.75, 3.05) is 18.1 Å². The number of ether oxygens (including phenoxy) is 1. The van der Waals surface area contributed by atoms with Crippen molar-refractivity contribution in [1.82, 2.24) is 10.9 Å². The summed E-state index contributed by atoms with van der Waals surface area (Å²) in [5.74, 6) is -2.77. The third-order valence-corrected chi connectivity index (χ3v) is 5.14. The highest BCUT2D eigenvalue weighted by molar-refractivity contribution is 9.10. The molecule has 0 saturated carbocycles. The topological polar surface area (TPSA) is 105 Å². The van der Waals surface area contributed by atoms with Crippen LogP contribution in [-0.4, -0.2) is 36.8 Å². The van der Waals surface area contributed by atoms with Crippen LogP contribution in [0.3, 0.4) is 0 Å². The van der Waals surface area contributed by atoms with Gasteiger partial charge in [0, 0.05) is 33.7 Å². The van der Waals surface area contributed by atoms with Crippen LogP contribution in [0.1, 0.15) is 16.8 Å². The van der Waals surface area contributed by atoms with Crippen LogP contribution in [0.4, 0.5) is 5.69 Å². The number of nitrogens with zero attached hydrogens (tertiary/aromatic N) is 1. The molecule has 0 spiro atoms. The van der Waals surface area contributed by atoms with Crippen LogP contribution in [0.5, 0.6) is 0 Å². The maximum atomic E-state index is 12.2. The lowest BCUT2D eigenvalue weighted by Crippen LogP contribution is -2.43. The van der Waals surface area contributed by atoms with Crippen molar-refractivity contribution >= 4 is 56.9 Å². The maximum absolute atomic E-state index is 12.2. The van der Waals surface area contributed by atoms with Crippen molar-refractivity contribution in [3.05, 3.63) is 63.6 Å². The Labute approximate surface area is 185 Å². The van der Waals surface area contributed by atoms with E-state index in [9.17, 15) is 19.2 Å². The normalized spacial score (nSPS) is 15.6. The summed E-state index contributed by atoms with van der Waals surface area (Å²) in [5, 5.41) is 0.541. The maximum Gasteiger partial charge on any atom is 0.311 e. The SMILES string of the molecule is O=C(COC(=O)[C@@H]1CC(=O)N(c2ccc(Cl)cc2)C1)NNC(=O)c1ccc(Br)cc1. The predicted molar refractivity (Wildman–Crippen MR) is 113 cm³/mol. The van der Waals surface area contributed by atoms with Crippen LogP contribution in [-0.2, 0) is 19.1 Å². The van der Waals surface area contributed by atoms with Gasteiger partial charge in [-0.05, 0) is 48.5 Å². The van der Waals surface area contributed by atoms with Gasteiger partial charge in [-0.2, -0.15) is 0 Å². The first-order valence-corrected chi connectivity index (χ1v) is 10.1. The number of esters is 1. The molecule has 0 bridgehead atoms. The summed E-state index contributed by atoms with van der Waals surface area (Å²) in [5.41, 5.74) is 5.39. The van der Waals surface area contributed by atoms with Gasteiger partial charge < -0.3 is 9.64 Å². The standard InChI is InChI=1S/C20H17BrClN3O5/c21-14-3-1-12(2-4-14)19(28)24-23-17(26)11-30-20(29)13-9-18(27)25(10-13)16-7-5-15(22)6-8-16/h1-8,13H,9-11H2,(H,23,26)(H,24,28)/t13-/m1/s1. The summed E-state index contributed by atoms with van der Waals surface area (Å²) in [6, 6.07) is 13.2. The molecule has 1 aliphatic heterocycles. The minimum Gasteiger partial charge on any atom is -0.455 e. The largest absolute Gasteiger partial charge is 0.455 e. The first kappa shape index (κ1) is 21.8. The average Bonchev–Trinajstić information content (AvgIpc) is 3.13. The molecule has 30 heavy (non-hydrogen) atoms. The fraction of sp³-hybridized carbons (Fsp3) is 0.200. The van der Waals surface area contributed by atoms with Crippen molar-refractivity contribution in [3.8, 4) is 0 Å². The minimum atomic E-state index is -0.701. The van der Waals surface area contributed by atoms with E-state index in [-0.39, 0.29) is 18.9 Å². The Bertz CT molecular complexity index is 965. The predicted octanol–water partition coefficient (Wildman–Crippen LogP) is 2.46. The monoisotopic (exact) mass is 493 g/mol. The molecule has 3 rings (SSSR count). The van der Waals surface area contributed by atoms with Gasteiger partial charge in [0.05, 0.1) is 5.92 Å². The molecule has 1 heterocycles. The van der Waals surface area contributed by atoms with E-state index in [1.54, 1.807) is 48.5 Å². The number of amides is 3. The zero-order valence-corrected chi connectivity index (χ0v) is 17.9. The highest BCUT2D eigenvalue weighted by Gasteiger charge is 2.36. The molecule has 0 aliphatic carbocycles. The number of hydrogen-bond acceptors (Lipinski definition) is 5. The van der Waals surface area contributed by atoms with E-state index in [0.29, 0.717) is 16.3 Å². The highest BCUT2D eigenvalue weighted by Crippen LogP contribution is 2.26. The average molecular weight is 495 g/mol. The zero-order valence-electron chi connectivity index (χ0n) is 15.6. The van der Waals surface area contributed by atoms with E-state index in [1.165, 1.54) is 4.90 Å². The van der Waals surface area contributed by atoms with Crippen molar-refractivity contribution in [1.29, 1.82) is 0 Å². The van der Waals surface area contributed by atoms with Crippen LogP contribution in [0.25, 0.3) is 0 Å². The Morgan fingerprint density at radius 3 is 2.40 bits per heavy atom. The van der Waals surface area contributed by atoms with Crippen LogP contribution in [0.2, 0.25) is 5.02 Å². The molecule has 1 fully saturated rings. The van der Waals surface area contributed by atoms with Crippen molar-refractivity contribution in [2.24, 2.45) is 5.92 Å². The van der Waals surface area contributed by atoms with Crippen LogP contribution in [0.15, 0.2) is 53.0 Å². The summed E-state index contributed by atoms with van der Waals surface area (Å²) in [6.45, 7) is -0.424. The van der Waals surface area contributed by atoms with Gasteiger partial charge in [0.2, 0.25) is 5.91 Å². The molecule has 0 radical (unpaired) electrons. The number of benzene rings is 2. The second-order valence-corrected chi connectivity index (χ2v) is 7.85. The molecule has 3 amide bonds. The summed E-state index contributed by atoms with van der Waals surface area (Å²) in [6.07, 6.45) is -0.0105. The highest BCUT2D eigenvalue weighted by atomic mass is 79.9. The van der Waals surface area contributed by atoms with Crippen LogP contribution >= 0.6 is 27.5 Å². The van der Waals surface area contributed by atoms with Crippen molar-refractivity contribution in [3.63, 3.8) is 0 Å². The zero-order chi connectivity index (χ0) is 21.7. The smallest absolute Gasteiger partial charge is 0.311 e. The van der Waals surface area contributed by atoms with Crippen LogP contribution in [0, 0.1) is 5.92 Å². The second kappa shape index (κ2) is 9.73. The number of nitrogens with one attached hydrogen (secondary N) is 2. The number of rotatable bonds is 5. The molecule has 156 valence electrons. The first-order chi connectivity index (χ1) is 14.3. The molecular weight excluding hydrogens is 478 g/mol. The lowest BCUT2D eigenvalue weighted by molar-refractivity contribution is -0.152. The van der Waals surface area contributed by atoms with E-state index in [4.69, 9.17) is 16.3 Å². The third-order valence-electron chi connectivity index (χ3n) is 4.36. The van der Waals surface area contributed by atoms with Gasteiger partial charge >= 0.3 is 5.97 Å². The Kier molecular flexibility index (Phi) is 7.07. The lowest BCUT2D eigenvalue weighted by Gasteiger charge is -2.16. The Morgan fingerprint density at radius 1 is 1.07 bits per heavy atom.